The Kier molecular flexibility index (Phi) is 7.51. The van der Waals surface area contributed by atoms with Crippen LogP contribution in [0.2, 0.25) is 0 Å². The molecule has 8 heteroatoms. The minimum Gasteiger partial charge on any atom is -0.491 e. The van der Waals surface area contributed by atoms with E-state index in [0.29, 0.717) is 22.6 Å². The topological polar surface area (TPSA) is 103 Å². The molecule has 2 aromatic carbocycles. The van der Waals surface area contributed by atoms with Gasteiger partial charge in [0.2, 0.25) is 0 Å². The first-order chi connectivity index (χ1) is 16.2. The van der Waals surface area contributed by atoms with Gasteiger partial charge < -0.3 is 15.6 Å². The number of benzene rings is 2. The van der Waals surface area contributed by atoms with Gasteiger partial charge in [0.25, 0.3) is 0 Å². The van der Waals surface area contributed by atoms with Crippen LogP contribution in [0.1, 0.15) is 40.9 Å². The number of nitrogen functional groups attached to an aromatic ring is 1. The number of nitrogens with zero attached hydrogens (tertiary/aromatic N) is 3. The first-order valence-electron chi connectivity index (χ1n) is 11.1. The lowest BCUT2D eigenvalue weighted by atomic mass is 9.98. The zero-order valence-corrected chi connectivity index (χ0v) is 21.2. The molecule has 0 bridgehead atoms. The molecule has 0 fully saturated rings. The summed E-state index contributed by atoms with van der Waals surface area (Å²) in [5.74, 6) is -0.309. The Bertz CT molecular complexity index is 1380. The van der Waals surface area contributed by atoms with Crippen molar-refractivity contribution >= 4 is 24.1 Å². The maximum atomic E-state index is 12.2. The Morgan fingerprint density at radius 1 is 1.06 bits per heavy atom. The molecule has 0 unspecified atom stereocenters. The first-order valence-corrected chi connectivity index (χ1v) is 11.1. The molecule has 7 nitrogen and oxygen atoms in total. The number of nitrogens with two attached hydrogens (primary N) is 1. The summed E-state index contributed by atoms with van der Waals surface area (Å²) in [6.07, 6.45) is 3.57. The molecular formula is C27H29ClN4O3. The second-order valence-electron chi connectivity index (χ2n) is 8.72. The van der Waals surface area contributed by atoms with Crippen molar-refractivity contribution in [1.82, 2.24) is 14.8 Å². The second-order valence-corrected chi connectivity index (χ2v) is 8.72. The van der Waals surface area contributed by atoms with Crippen molar-refractivity contribution in [2.24, 2.45) is 0 Å². The van der Waals surface area contributed by atoms with Gasteiger partial charge in [-0.3, -0.25) is 4.98 Å². The van der Waals surface area contributed by atoms with Gasteiger partial charge in [-0.2, -0.15) is 5.10 Å². The molecule has 2 aromatic heterocycles. The summed E-state index contributed by atoms with van der Waals surface area (Å²) in [6.45, 7) is 9.68. The highest BCUT2D eigenvalue weighted by molar-refractivity contribution is 6.00. The third kappa shape index (κ3) is 5.15. The second kappa shape index (κ2) is 10.2. The summed E-state index contributed by atoms with van der Waals surface area (Å²) in [4.78, 5) is 16.5. The highest BCUT2D eigenvalue weighted by Gasteiger charge is 2.23. The van der Waals surface area contributed by atoms with E-state index < -0.39 is 5.97 Å². The minimum atomic E-state index is -1.05. The van der Waals surface area contributed by atoms with Crippen LogP contribution >= 0.6 is 12.4 Å². The number of hydrogen-bond donors (Lipinski definition) is 2. The van der Waals surface area contributed by atoms with Gasteiger partial charge in [0.1, 0.15) is 5.75 Å². The smallest absolute Gasteiger partial charge is 0.336 e. The molecule has 0 amide bonds. The number of rotatable bonds is 6. The molecule has 0 radical (unpaired) electrons. The summed E-state index contributed by atoms with van der Waals surface area (Å²) in [5, 5.41) is 14.9. The molecule has 4 rings (SSSR count). The Hall–Kier alpha value is -3.84. The fraction of sp³-hybridized carbons (Fsp3) is 0.222. The lowest BCUT2D eigenvalue weighted by molar-refractivity contribution is 0.0697. The first kappa shape index (κ1) is 25.8. The van der Waals surface area contributed by atoms with E-state index in [0.717, 1.165) is 33.7 Å². The summed E-state index contributed by atoms with van der Waals surface area (Å²) < 4.78 is 7.63. The molecule has 182 valence electrons. The minimum absolute atomic E-state index is 0. The SMILES string of the molecule is Cc1cc(N)c(-c2cc(-c3cccc(OC(C)C)c3)nn2-c2c(C)cncc2C)c(C(=O)O)c1.Cl. The van der Waals surface area contributed by atoms with Gasteiger partial charge in [0.15, 0.2) is 0 Å². The zero-order valence-electron chi connectivity index (χ0n) is 20.4. The van der Waals surface area contributed by atoms with Crippen LogP contribution in [0.15, 0.2) is 54.9 Å². The number of pyridine rings is 1. The van der Waals surface area contributed by atoms with Gasteiger partial charge in [0, 0.05) is 29.2 Å². The zero-order chi connectivity index (χ0) is 24.6. The molecule has 3 N–H and O–H groups in total. The van der Waals surface area contributed by atoms with E-state index >= 15 is 0 Å². The number of carboxylic acids is 1. The van der Waals surface area contributed by atoms with Gasteiger partial charge in [-0.15, -0.1) is 12.4 Å². The van der Waals surface area contributed by atoms with E-state index in [2.05, 4.69) is 4.98 Å². The summed E-state index contributed by atoms with van der Waals surface area (Å²) in [6, 6.07) is 13.0. The summed E-state index contributed by atoms with van der Waals surface area (Å²) >= 11 is 0. The highest BCUT2D eigenvalue weighted by Crippen LogP contribution is 2.37. The molecule has 0 aliphatic rings. The van der Waals surface area contributed by atoms with Gasteiger partial charge in [0.05, 0.1) is 28.7 Å². The van der Waals surface area contributed by atoms with Crippen molar-refractivity contribution in [3.8, 4) is 34.0 Å². The molecule has 0 spiro atoms. The predicted octanol–water partition coefficient (Wildman–Crippen LogP) is 6.02. The van der Waals surface area contributed by atoms with Crippen LogP contribution in [-0.4, -0.2) is 31.9 Å². The summed E-state index contributed by atoms with van der Waals surface area (Å²) in [5.41, 5.74) is 12.9. The monoisotopic (exact) mass is 492 g/mol. The van der Waals surface area contributed by atoms with Crippen LogP contribution in [-0.2, 0) is 0 Å². The normalized spacial score (nSPS) is 10.8. The largest absolute Gasteiger partial charge is 0.491 e. The van der Waals surface area contributed by atoms with E-state index in [1.165, 1.54) is 0 Å². The maximum Gasteiger partial charge on any atom is 0.336 e. The lowest BCUT2D eigenvalue weighted by Crippen LogP contribution is -2.09. The number of halogens is 1. The number of aromatic carboxylic acids is 1. The number of aromatic nitrogens is 3. The van der Waals surface area contributed by atoms with Gasteiger partial charge in [-0.05, 0) is 81.6 Å². The Labute approximate surface area is 211 Å². The van der Waals surface area contributed by atoms with Crippen molar-refractivity contribution in [3.05, 3.63) is 77.1 Å². The highest BCUT2D eigenvalue weighted by atomic mass is 35.5. The quantitative estimate of drug-likeness (QED) is 0.319. The third-order valence-electron chi connectivity index (χ3n) is 5.51. The van der Waals surface area contributed by atoms with E-state index in [-0.39, 0.29) is 24.1 Å². The fourth-order valence-corrected chi connectivity index (χ4v) is 4.17. The Morgan fingerprint density at radius 3 is 2.37 bits per heavy atom. The average Bonchev–Trinajstić information content (AvgIpc) is 3.17. The number of ether oxygens (including phenoxy) is 1. The number of aryl methyl sites for hydroxylation is 3. The molecule has 0 saturated heterocycles. The number of carbonyl (C=O) groups is 1. The molecule has 0 atom stereocenters. The van der Waals surface area contributed by atoms with E-state index in [9.17, 15) is 9.90 Å². The van der Waals surface area contributed by atoms with E-state index in [1.54, 1.807) is 29.2 Å². The van der Waals surface area contributed by atoms with Crippen molar-refractivity contribution in [3.63, 3.8) is 0 Å². The molecule has 0 aliphatic heterocycles. The fourth-order valence-electron chi connectivity index (χ4n) is 4.17. The van der Waals surface area contributed by atoms with Crippen LogP contribution < -0.4 is 10.5 Å². The molecule has 4 aromatic rings. The third-order valence-corrected chi connectivity index (χ3v) is 5.51. The van der Waals surface area contributed by atoms with Crippen LogP contribution in [0.3, 0.4) is 0 Å². The molecular weight excluding hydrogens is 464 g/mol. The van der Waals surface area contributed by atoms with Gasteiger partial charge >= 0.3 is 5.97 Å². The number of carboxylic acid groups (broad SMARTS) is 1. The van der Waals surface area contributed by atoms with E-state index in [4.69, 9.17) is 15.6 Å². The van der Waals surface area contributed by atoms with Crippen LogP contribution in [0.25, 0.3) is 28.2 Å². The summed E-state index contributed by atoms with van der Waals surface area (Å²) in [7, 11) is 0. The molecule has 2 heterocycles. The van der Waals surface area contributed by atoms with Crippen LogP contribution in [0.5, 0.6) is 5.75 Å². The van der Waals surface area contributed by atoms with Gasteiger partial charge in [-0.1, -0.05) is 12.1 Å². The number of anilines is 1. The van der Waals surface area contributed by atoms with Gasteiger partial charge in [-0.25, -0.2) is 9.48 Å². The van der Waals surface area contributed by atoms with Crippen LogP contribution in [0, 0.1) is 20.8 Å². The van der Waals surface area contributed by atoms with E-state index in [1.807, 2.05) is 65.0 Å². The standard InChI is InChI=1S/C27H28N4O3.ClH/c1-15(2)34-20-8-6-7-19(11-20)23-12-24(25-21(27(32)33)9-16(3)10-22(25)28)31(30-23)26-17(4)13-29-14-18(26)5;/h6-15H,28H2,1-5H3,(H,32,33);1H. The van der Waals surface area contributed by atoms with Crippen molar-refractivity contribution in [1.29, 1.82) is 0 Å². The Morgan fingerprint density at radius 2 is 1.74 bits per heavy atom. The average molecular weight is 493 g/mol. The van der Waals surface area contributed by atoms with Crippen molar-refractivity contribution < 1.29 is 14.6 Å². The molecule has 35 heavy (non-hydrogen) atoms. The lowest BCUT2D eigenvalue weighted by Gasteiger charge is -2.16. The molecule has 0 saturated carbocycles. The Balaban J connectivity index is 0.00000342. The number of hydrogen-bond acceptors (Lipinski definition) is 5. The van der Waals surface area contributed by atoms with Crippen molar-refractivity contribution in [2.45, 2.75) is 40.7 Å². The molecule has 0 aliphatic carbocycles. The van der Waals surface area contributed by atoms with Crippen molar-refractivity contribution in [2.75, 3.05) is 5.73 Å². The van der Waals surface area contributed by atoms with Crippen LogP contribution in [0.4, 0.5) is 5.69 Å². The predicted molar refractivity (Wildman–Crippen MR) is 141 cm³/mol. The maximum absolute atomic E-state index is 12.2.